The van der Waals surface area contributed by atoms with Crippen molar-refractivity contribution in [3.8, 4) is 0 Å². The van der Waals surface area contributed by atoms with Crippen LogP contribution in [0.1, 0.15) is 31.2 Å². The molecule has 1 aromatic carbocycles. The number of hydrogen-bond acceptors (Lipinski definition) is 4. The first-order valence-electron chi connectivity index (χ1n) is 7.62. The highest BCUT2D eigenvalue weighted by molar-refractivity contribution is 7.18. The molecule has 20 heavy (non-hydrogen) atoms. The Kier molecular flexibility index (Phi) is 4.65. The van der Waals surface area contributed by atoms with Crippen LogP contribution in [0.15, 0.2) is 24.3 Å². The summed E-state index contributed by atoms with van der Waals surface area (Å²) in [4.78, 5) is 7.27. The van der Waals surface area contributed by atoms with Gasteiger partial charge in [-0.05, 0) is 45.0 Å². The van der Waals surface area contributed by atoms with Crippen LogP contribution in [0.4, 0.5) is 0 Å². The van der Waals surface area contributed by atoms with Gasteiger partial charge in [0.2, 0.25) is 0 Å². The lowest BCUT2D eigenvalue weighted by molar-refractivity contribution is 0.170. The number of likely N-dealkylation sites (tertiary alicyclic amines) is 1. The number of benzene rings is 1. The Morgan fingerprint density at radius 2 is 2.05 bits per heavy atom. The number of rotatable bonds is 5. The lowest BCUT2D eigenvalue weighted by atomic mass is 10.1. The third-order valence-corrected chi connectivity index (χ3v) is 5.10. The minimum absolute atomic E-state index is 0.629. The number of fused-ring (bicyclic) bond motifs is 1. The zero-order valence-corrected chi connectivity index (χ0v) is 13.0. The van der Waals surface area contributed by atoms with E-state index in [9.17, 15) is 0 Å². The lowest BCUT2D eigenvalue weighted by Gasteiger charge is -2.32. The van der Waals surface area contributed by atoms with Gasteiger partial charge in [0.15, 0.2) is 0 Å². The predicted molar refractivity (Wildman–Crippen MR) is 86.2 cm³/mol. The van der Waals surface area contributed by atoms with Crippen LogP contribution in [0.5, 0.6) is 0 Å². The van der Waals surface area contributed by atoms with Crippen LogP contribution >= 0.6 is 11.3 Å². The highest BCUT2D eigenvalue weighted by atomic mass is 32.1. The maximum absolute atomic E-state index is 4.66. The van der Waals surface area contributed by atoms with Gasteiger partial charge in [0.25, 0.3) is 0 Å². The van der Waals surface area contributed by atoms with Crippen molar-refractivity contribution in [2.45, 2.75) is 38.8 Å². The zero-order chi connectivity index (χ0) is 13.8. The Morgan fingerprint density at radius 3 is 2.85 bits per heavy atom. The van der Waals surface area contributed by atoms with E-state index in [1.54, 1.807) is 11.3 Å². The maximum Gasteiger partial charge on any atom is 0.108 e. The molecule has 1 aliphatic heterocycles. The molecule has 1 saturated heterocycles. The minimum atomic E-state index is 0.629. The van der Waals surface area contributed by atoms with Gasteiger partial charge in [0.1, 0.15) is 5.01 Å². The van der Waals surface area contributed by atoms with Gasteiger partial charge < -0.3 is 5.32 Å². The van der Waals surface area contributed by atoms with Gasteiger partial charge >= 0.3 is 0 Å². The first-order chi connectivity index (χ1) is 9.83. The van der Waals surface area contributed by atoms with Crippen LogP contribution < -0.4 is 5.32 Å². The molecular weight excluding hydrogens is 266 g/mol. The number of hydrogen-bond donors (Lipinski definition) is 1. The molecule has 1 unspecified atom stereocenters. The second-order valence-electron chi connectivity index (χ2n) is 5.65. The van der Waals surface area contributed by atoms with Crippen molar-refractivity contribution < 1.29 is 0 Å². The molecule has 0 bridgehead atoms. The first kappa shape index (κ1) is 14.0. The highest BCUT2D eigenvalue weighted by Gasteiger charge is 2.16. The number of nitrogens with zero attached hydrogens (tertiary/aromatic N) is 2. The maximum atomic E-state index is 4.66. The molecule has 1 atom stereocenters. The van der Waals surface area contributed by atoms with E-state index >= 15 is 0 Å². The van der Waals surface area contributed by atoms with Crippen molar-refractivity contribution in [1.29, 1.82) is 0 Å². The molecular formula is C16H23N3S. The number of para-hydroxylation sites is 1. The second-order valence-corrected chi connectivity index (χ2v) is 6.77. The number of aromatic nitrogens is 1. The molecule has 3 rings (SSSR count). The van der Waals surface area contributed by atoms with Gasteiger partial charge in [0.05, 0.1) is 10.2 Å². The van der Waals surface area contributed by atoms with Crippen molar-refractivity contribution in [2.24, 2.45) is 0 Å². The van der Waals surface area contributed by atoms with Crippen LogP contribution in [-0.4, -0.2) is 35.6 Å². The third-order valence-electron chi connectivity index (χ3n) is 4.07. The van der Waals surface area contributed by atoms with E-state index in [4.69, 9.17) is 0 Å². The fourth-order valence-corrected chi connectivity index (χ4v) is 3.81. The number of piperidine rings is 1. The monoisotopic (exact) mass is 289 g/mol. The van der Waals surface area contributed by atoms with Crippen molar-refractivity contribution in [3.63, 3.8) is 0 Å². The first-order valence-corrected chi connectivity index (χ1v) is 8.44. The van der Waals surface area contributed by atoms with E-state index in [1.165, 1.54) is 42.1 Å². The van der Waals surface area contributed by atoms with Crippen molar-refractivity contribution in [1.82, 2.24) is 15.2 Å². The molecule has 1 fully saturated rings. The van der Waals surface area contributed by atoms with E-state index < -0.39 is 0 Å². The Morgan fingerprint density at radius 1 is 1.25 bits per heavy atom. The van der Waals surface area contributed by atoms with Gasteiger partial charge in [-0.1, -0.05) is 18.6 Å². The van der Waals surface area contributed by atoms with E-state index in [2.05, 4.69) is 46.4 Å². The van der Waals surface area contributed by atoms with Crippen LogP contribution in [0, 0.1) is 0 Å². The molecule has 0 spiro atoms. The number of nitrogens with one attached hydrogen (secondary N) is 1. The van der Waals surface area contributed by atoms with E-state index in [0.717, 1.165) is 18.6 Å². The summed E-state index contributed by atoms with van der Waals surface area (Å²) in [6, 6.07) is 9.00. The predicted octanol–water partition coefficient (Wildman–Crippen LogP) is 3.26. The highest BCUT2D eigenvalue weighted by Crippen LogP contribution is 2.21. The Labute approximate surface area is 125 Å². The molecule has 1 aliphatic rings. The summed E-state index contributed by atoms with van der Waals surface area (Å²) in [5, 5.41) is 4.76. The molecule has 0 radical (unpaired) electrons. The van der Waals surface area contributed by atoms with Crippen molar-refractivity contribution >= 4 is 21.6 Å². The molecule has 2 aromatic rings. The average Bonchev–Trinajstić information content (AvgIpc) is 2.90. The van der Waals surface area contributed by atoms with Gasteiger partial charge in [-0.15, -0.1) is 11.3 Å². The topological polar surface area (TPSA) is 28.2 Å². The van der Waals surface area contributed by atoms with Crippen LogP contribution in [0.25, 0.3) is 10.2 Å². The number of thiazole rings is 1. The van der Waals surface area contributed by atoms with E-state index in [-0.39, 0.29) is 0 Å². The smallest absolute Gasteiger partial charge is 0.108 e. The summed E-state index contributed by atoms with van der Waals surface area (Å²) in [5.41, 5.74) is 1.12. The van der Waals surface area contributed by atoms with Gasteiger partial charge in [0, 0.05) is 19.1 Å². The quantitative estimate of drug-likeness (QED) is 0.915. The molecule has 3 nitrogen and oxygen atoms in total. The Bertz CT molecular complexity index is 512. The molecule has 0 saturated carbocycles. The summed E-state index contributed by atoms with van der Waals surface area (Å²) in [5.74, 6) is 0. The van der Waals surface area contributed by atoms with E-state index in [0.29, 0.717) is 6.04 Å². The van der Waals surface area contributed by atoms with E-state index in [1.807, 2.05) is 0 Å². The molecule has 0 aliphatic carbocycles. The van der Waals surface area contributed by atoms with Gasteiger partial charge in [-0.25, -0.2) is 4.98 Å². The standard InChI is InChI=1S/C16H23N3S/c1-13(19-9-5-2-6-10-19)11-17-12-16-18-14-7-3-4-8-15(14)20-16/h3-4,7-8,13,17H,2,5-6,9-12H2,1H3. The van der Waals surface area contributed by atoms with Gasteiger partial charge in [-0.2, -0.15) is 0 Å². The fraction of sp³-hybridized carbons (Fsp3) is 0.562. The van der Waals surface area contributed by atoms with Gasteiger partial charge in [-0.3, -0.25) is 4.90 Å². The molecule has 2 heterocycles. The average molecular weight is 289 g/mol. The second kappa shape index (κ2) is 6.66. The third kappa shape index (κ3) is 3.37. The Hall–Kier alpha value is -0.970. The summed E-state index contributed by atoms with van der Waals surface area (Å²) < 4.78 is 1.29. The molecule has 0 amide bonds. The van der Waals surface area contributed by atoms with Crippen LogP contribution in [0.3, 0.4) is 0 Å². The minimum Gasteiger partial charge on any atom is -0.309 e. The zero-order valence-electron chi connectivity index (χ0n) is 12.1. The fourth-order valence-electron chi connectivity index (χ4n) is 2.87. The molecule has 108 valence electrons. The molecule has 4 heteroatoms. The Balaban J connectivity index is 1.49. The van der Waals surface area contributed by atoms with Crippen LogP contribution in [-0.2, 0) is 6.54 Å². The van der Waals surface area contributed by atoms with Crippen molar-refractivity contribution in [3.05, 3.63) is 29.3 Å². The lowest BCUT2D eigenvalue weighted by Crippen LogP contribution is -2.42. The molecule has 1 aromatic heterocycles. The summed E-state index contributed by atoms with van der Waals surface area (Å²) in [6.45, 7) is 6.80. The summed E-state index contributed by atoms with van der Waals surface area (Å²) in [6.07, 6.45) is 4.13. The van der Waals surface area contributed by atoms with Crippen molar-refractivity contribution in [2.75, 3.05) is 19.6 Å². The normalized spacial score (nSPS) is 18.4. The summed E-state index contributed by atoms with van der Waals surface area (Å²) >= 11 is 1.80. The van der Waals surface area contributed by atoms with Crippen LogP contribution in [0.2, 0.25) is 0 Å². The SMILES string of the molecule is CC(CNCc1nc2ccccc2s1)N1CCCCC1. The summed E-state index contributed by atoms with van der Waals surface area (Å²) in [7, 11) is 0. The largest absolute Gasteiger partial charge is 0.309 e. The molecule has 1 N–H and O–H groups in total.